The van der Waals surface area contributed by atoms with Gasteiger partial charge in [-0.05, 0) is 18.8 Å². The van der Waals surface area contributed by atoms with E-state index in [2.05, 4.69) is 5.32 Å². The number of amides is 2. The summed E-state index contributed by atoms with van der Waals surface area (Å²) in [5.41, 5.74) is 0. The highest BCUT2D eigenvalue weighted by Crippen LogP contribution is 2.26. The molecule has 0 aromatic heterocycles. The number of carbonyl (C=O) groups excluding carboxylic acids is 1. The first kappa shape index (κ1) is 15.8. The average Bonchev–Trinajstić information content (AvgIpc) is 2.41. The number of hydrogen-bond donors (Lipinski definition) is 2. The molecule has 0 unspecified atom stereocenters. The Morgan fingerprint density at radius 2 is 1.95 bits per heavy atom. The fraction of sp³-hybridized carbons (Fsp3) is 0.857. The van der Waals surface area contributed by atoms with Gasteiger partial charge in [-0.25, -0.2) is 4.79 Å². The van der Waals surface area contributed by atoms with Gasteiger partial charge >= 0.3 is 12.0 Å². The van der Waals surface area contributed by atoms with Crippen LogP contribution in [0.5, 0.6) is 0 Å². The summed E-state index contributed by atoms with van der Waals surface area (Å²) in [5, 5.41) is 11.4. The van der Waals surface area contributed by atoms with E-state index >= 15 is 0 Å². The molecule has 0 saturated heterocycles. The lowest BCUT2D eigenvalue weighted by Gasteiger charge is -2.22. The van der Waals surface area contributed by atoms with E-state index in [9.17, 15) is 9.59 Å². The Labute approximate surface area is 115 Å². The van der Waals surface area contributed by atoms with E-state index in [0.29, 0.717) is 6.54 Å². The van der Waals surface area contributed by atoms with Gasteiger partial charge in [0.25, 0.3) is 0 Å². The molecule has 1 fully saturated rings. The molecule has 5 nitrogen and oxygen atoms in total. The van der Waals surface area contributed by atoms with Crippen LogP contribution in [0.4, 0.5) is 4.79 Å². The van der Waals surface area contributed by atoms with Crippen molar-refractivity contribution >= 4 is 12.0 Å². The lowest BCUT2D eigenvalue weighted by molar-refractivity contribution is -0.137. The maximum atomic E-state index is 11.6. The maximum absolute atomic E-state index is 11.6. The second-order valence-corrected chi connectivity index (χ2v) is 5.44. The molecule has 1 saturated carbocycles. The van der Waals surface area contributed by atoms with Gasteiger partial charge in [-0.1, -0.05) is 32.1 Å². The van der Waals surface area contributed by atoms with Crippen molar-refractivity contribution in [3.8, 4) is 0 Å². The fourth-order valence-electron chi connectivity index (χ4n) is 2.56. The van der Waals surface area contributed by atoms with E-state index in [1.165, 1.54) is 43.4 Å². The zero-order chi connectivity index (χ0) is 14.1. The molecule has 0 spiro atoms. The van der Waals surface area contributed by atoms with Gasteiger partial charge in [0.15, 0.2) is 0 Å². The minimum absolute atomic E-state index is 0.00794. The normalized spacial score (nSPS) is 16.1. The number of nitrogens with one attached hydrogen (secondary N) is 1. The van der Waals surface area contributed by atoms with Gasteiger partial charge in [0.1, 0.15) is 0 Å². The van der Waals surface area contributed by atoms with Crippen LogP contribution in [0, 0.1) is 5.92 Å². The van der Waals surface area contributed by atoms with Gasteiger partial charge in [0.2, 0.25) is 0 Å². The molecule has 0 aromatic rings. The monoisotopic (exact) mass is 270 g/mol. The first-order chi connectivity index (χ1) is 9.09. The summed E-state index contributed by atoms with van der Waals surface area (Å²) < 4.78 is 0. The third-order valence-electron chi connectivity index (χ3n) is 3.80. The predicted molar refractivity (Wildman–Crippen MR) is 74.1 cm³/mol. The van der Waals surface area contributed by atoms with Crippen molar-refractivity contribution < 1.29 is 14.7 Å². The van der Waals surface area contributed by atoms with Crippen LogP contribution in [-0.2, 0) is 4.79 Å². The van der Waals surface area contributed by atoms with Crippen molar-refractivity contribution in [3.63, 3.8) is 0 Å². The van der Waals surface area contributed by atoms with Crippen LogP contribution in [0.15, 0.2) is 0 Å². The van der Waals surface area contributed by atoms with Gasteiger partial charge in [0, 0.05) is 20.1 Å². The zero-order valence-electron chi connectivity index (χ0n) is 11.9. The van der Waals surface area contributed by atoms with Crippen molar-refractivity contribution in [1.29, 1.82) is 0 Å². The summed E-state index contributed by atoms with van der Waals surface area (Å²) in [6, 6.07) is -0.176. The first-order valence-corrected chi connectivity index (χ1v) is 7.30. The largest absolute Gasteiger partial charge is 0.481 e. The molecule has 0 atom stereocenters. The topological polar surface area (TPSA) is 69.6 Å². The standard InChI is InChI=1S/C14H26N2O3/c1-16(11-9-13(17)18)14(19)15-10-5-8-12-6-3-2-4-7-12/h12H,2-11H2,1H3,(H,15,19)(H,17,18). The van der Waals surface area contributed by atoms with Crippen molar-refractivity contribution in [2.45, 2.75) is 51.4 Å². The Hall–Kier alpha value is -1.26. The smallest absolute Gasteiger partial charge is 0.317 e. The molecule has 2 amide bonds. The SMILES string of the molecule is CN(CCC(=O)O)C(=O)NCCCC1CCCCC1. The van der Waals surface area contributed by atoms with Crippen LogP contribution >= 0.6 is 0 Å². The summed E-state index contributed by atoms with van der Waals surface area (Å²) >= 11 is 0. The molecule has 5 heteroatoms. The second kappa shape index (κ2) is 8.77. The molecule has 0 heterocycles. The summed E-state index contributed by atoms with van der Waals surface area (Å²) in [7, 11) is 1.62. The Balaban J connectivity index is 2.04. The Morgan fingerprint density at radius 1 is 1.26 bits per heavy atom. The predicted octanol–water partition coefficient (Wildman–Crippen LogP) is 2.46. The minimum Gasteiger partial charge on any atom is -0.481 e. The number of aliphatic carboxylic acids is 1. The fourth-order valence-corrected chi connectivity index (χ4v) is 2.56. The van der Waals surface area contributed by atoms with Gasteiger partial charge in [-0.3, -0.25) is 4.79 Å². The summed E-state index contributed by atoms with van der Waals surface area (Å²) in [6.07, 6.45) is 8.97. The Bertz CT molecular complexity index is 288. The number of urea groups is 1. The molecular formula is C14H26N2O3. The van der Waals surface area contributed by atoms with Crippen molar-refractivity contribution in [3.05, 3.63) is 0 Å². The summed E-state index contributed by atoms with van der Waals surface area (Å²) in [6.45, 7) is 0.941. The molecule has 1 rings (SSSR count). The van der Waals surface area contributed by atoms with Crippen molar-refractivity contribution in [2.75, 3.05) is 20.1 Å². The Kier molecular flexibility index (Phi) is 7.30. The van der Waals surface area contributed by atoms with E-state index in [-0.39, 0.29) is 19.0 Å². The number of carboxylic acids is 1. The van der Waals surface area contributed by atoms with Gasteiger partial charge < -0.3 is 15.3 Å². The van der Waals surface area contributed by atoms with Crippen LogP contribution in [-0.4, -0.2) is 42.1 Å². The van der Waals surface area contributed by atoms with Crippen molar-refractivity contribution in [2.24, 2.45) is 5.92 Å². The van der Waals surface area contributed by atoms with E-state index < -0.39 is 5.97 Å². The molecule has 2 N–H and O–H groups in total. The quantitative estimate of drug-likeness (QED) is 0.698. The van der Waals surface area contributed by atoms with Crippen molar-refractivity contribution in [1.82, 2.24) is 10.2 Å². The number of nitrogens with zero attached hydrogens (tertiary/aromatic N) is 1. The molecule has 1 aliphatic rings. The van der Waals surface area contributed by atoms with E-state index in [1.807, 2.05) is 0 Å². The molecule has 110 valence electrons. The molecular weight excluding hydrogens is 244 g/mol. The molecule has 1 aliphatic carbocycles. The van der Waals surface area contributed by atoms with Crippen LogP contribution in [0.3, 0.4) is 0 Å². The lowest BCUT2D eigenvalue weighted by atomic mass is 9.86. The molecule has 0 radical (unpaired) electrons. The van der Waals surface area contributed by atoms with E-state index in [0.717, 1.165) is 12.3 Å². The van der Waals surface area contributed by atoms with E-state index in [4.69, 9.17) is 5.11 Å². The maximum Gasteiger partial charge on any atom is 0.317 e. The lowest BCUT2D eigenvalue weighted by Crippen LogP contribution is -2.38. The molecule has 19 heavy (non-hydrogen) atoms. The average molecular weight is 270 g/mol. The minimum atomic E-state index is -0.878. The summed E-state index contributed by atoms with van der Waals surface area (Å²) in [5.74, 6) is -0.0349. The number of carbonyl (C=O) groups is 2. The van der Waals surface area contributed by atoms with Crippen LogP contribution < -0.4 is 5.32 Å². The van der Waals surface area contributed by atoms with E-state index in [1.54, 1.807) is 7.05 Å². The summed E-state index contributed by atoms with van der Waals surface area (Å²) in [4.78, 5) is 23.5. The van der Waals surface area contributed by atoms with Gasteiger partial charge in [-0.15, -0.1) is 0 Å². The van der Waals surface area contributed by atoms with Gasteiger partial charge in [0.05, 0.1) is 6.42 Å². The second-order valence-electron chi connectivity index (χ2n) is 5.44. The highest BCUT2D eigenvalue weighted by atomic mass is 16.4. The Morgan fingerprint density at radius 3 is 2.58 bits per heavy atom. The zero-order valence-corrected chi connectivity index (χ0v) is 11.9. The van der Waals surface area contributed by atoms with Crippen LogP contribution in [0.2, 0.25) is 0 Å². The third kappa shape index (κ3) is 7.03. The highest BCUT2D eigenvalue weighted by molar-refractivity contribution is 5.74. The molecule has 0 aliphatic heterocycles. The van der Waals surface area contributed by atoms with Gasteiger partial charge in [-0.2, -0.15) is 0 Å². The van der Waals surface area contributed by atoms with Crippen LogP contribution in [0.1, 0.15) is 51.4 Å². The van der Waals surface area contributed by atoms with Crippen LogP contribution in [0.25, 0.3) is 0 Å². The third-order valence-corrected chi connectivity index (χ3v) is 3.80. The highest BCUT2D eigenvalue weighted by Gasteiger charge is 2.13. The number of carboxylic acid groups (broad SMARTS) is 1. The first-order valence-electron chi connectivity index (χ1n) is 7.30. The molecule has 0 bridgehead atoms. The number of hydrogen-bond acceptors (Lipinski definition) is 2. The number of rotatable bonds is 7. The molecule has 0 aromatic carbocycles.